The molecule has 1 amide bonds. The summed E-state index contributed by atoms with van der Waals surface area (Å²) in [6, 6.07) is 5.41. The predicted molar refractivity (Wildman–Crippen MR) is 89.4 cm³/mol. The molecule has 1 aliphatic rings. The number of benzene rings is 1. The Morgan fingerprint density at radius 3 is 2.62 bits per heavy atom. The van der Waals surface area contributed by atoms with Crippen LogP contribution in [0.1, 0.15) is 58.4 Å². The summed E-state index contributed by atoms with van der Waals surface area (Å²) in [6.45, 7) is 1.99. The van der Waals surface area contributed by atoms with Crippen LogP contribution in [-0.4, -0.2) is 30.6 Å². The summed E-state index contributed by atoms with van der Waals surface area (Å²) in [5.41, 5.74) is 7.68. The van der Waals surface area contributed by atoms with Crippen LogP contribution >= 0.6 is 0 Å². The molecule has 0 unspecified atom stereocenters. The van der Waals surface area contributed by atoms with Crippen molar-refractivity contribution in [3.63, 3.8) is 0 Å². The number of nitrogens with two attached hydrogens (primary N) is 1. The number of aromatic nitrogens is 1. The second-order valence-electron chi connectivity index (χ2n) is 5.86. The molecule has 1 aromatic carbocycles. The number of ether oxygens (including phenoxy) is 2. The van der Waals surface area contributed by atoms with Gasteiger partial charge in [-0.1, -0.05) is 18.6 Å². The van der Waals surface area contributed by atoms with Crippen LogP contribution in [-0.2, 0) is 4.74 Å². The van der Waals surface area contributed by atoms with Gasteiger partial charge in [0, 0.05) is 5.39 Å². The number of pyridine rings is 1. The summed E-state index contributed by atoms with van der Waals surface area (Å²) in [6.07, 6.45) is 3.24. The third-order valence-electron chi connectivity index (χ3n) is 4.47. The SMILES string of the molecule is CCOC(=O)c1cc2ccc(C3CCC3)c(C(N)=O)c2nc1OC. The number of carbonyl (C=O) groups excluding carboxylic acids is 2. The van der Waals surface area contributed by atoms with Gasteiger partial charge in [0.15, 0.2) is 0 Å². The van der Waals surface area contributed by atoms with Gasteiger partial charge in [0.05, 0.1) is 24.8 Å². The molecule has 1 saturated carbocycles. The molecule has 126 valence electrons. The minimum atomic E-state index is -0.513. The highest BCUT2D eigenvalue weighted by atomic mass is 16.5. The standard InChI is InChI=1S/C18H20N2O4/c1-3-24-18(22)13-9-11-7-8-12(10-5-4-6-10)14(16(19)21)15(11)20-17(13)23-2/h7-10H,3-6H2,1-2H3,(H2,19,21). The number of methoxy groups -OCH3 is 1. The predicted octanol–water partition coefficient (Wildman–Crippen LogP) is 2.79. The number of hydrogen-bond acceptors (Lipinski definition) is 5. The van der Waals surface area contributed by atoms with Crippen LogP contribution in [0.2, 0.25) is 0 Å². The average molecular weight is 328 g/mol. The third kappa shape index (κ3) is 2.68. The van der Waals surface area contributed by atoms with E-state index in [0.29, 0.717) is 22.4 Å². The minimum Gasteiger partial charge on any atom is -0.480 e. The molecule has 0 radical (unpaired) electrons. The van der Waals surface area contributed by atoms with E-state index in [-0.39, 0.29) is 18.1 Å². The molecule has 0 atom stereocenters. The van der Waals surface area contributed by atoms with Crippen molar-refractivity contribution in [2.75, 3.05) is 13.7 Å². The van der Waals surface area contributed by atoms with Crippen LogP contribution in [0.3, 0.4) is 0 Å². The Hall–Kier alpha value is -2.63. The zero-order valence-corrected chi connectivity index (χ0v) is 13.8. The maximum absolute atomic E-state index is 12.1. The number of fused-ring (bicyclic) bond motifs is 1. The summed E-state index contributed by atoms with van der Waals surface area (Å²) < 4.78 is 10.3. The highest BCUT2D eigenvalue weighted by Gasteiger charge is 2.27. The van der Waals surface area contributed by atoms with E-state index in [1.807, 2.05) is 12.1 Å². The van der Waals surface area contributed by atoms with Crippen LogP contribution in [0.15, 0.2) is 18.2 Å². The molecule has 24 heavy (non-hydrogen) atoms. The molecule has 0 saturated heterocycles. The molecule has 0 aliphatic heterocycles. The number of hydrogen-bond donors (Lipinski definition) is 1. The quantitative estimate of drug-likeness (QED) is 0.852. The normalized spacial score (nSPS) is 14.2. The highest BCUT2D eigenvalue weighted by molar-refractivity contribution is 6.08. The molecule has 2 aromatic rings. The second kappa shape index (κ2) is 6.47. The lowest BCUT2D eigenvalue weighted by molar-refractivity contribution is 0.0522. The Balaban J connectivity index is 2.22. The Bertz CT molecular complexity index is 812. The van der Waals surface area contributed by atoms with Crippen molar-refractivity contribution >= 4 is 22.8 Å². The van der Waals surface area contributed by atoms with Crippen molar-refractivity contribution in [1.29, 1.82) is 0 Å². The van der Waals surface area contributed by atoms with E-state index >= 15 is 0 Å². The summed E-state index contributed by atoms with van der Waals surface area (Å²) in [5.74, 6) is -0.544. The molecule has 1 fully saturated rings. The molecule has 2 N–H and O–H groups in total. The number of rotatable bonds is 5. The minimum absolute atomic E-state index is 0.134. The fourth-order valence-corrected chi connectivity index (χ4v) is 3.07. The number of amides is 1. The van der Waals surface area contributed by atoms with Crippen LogP contribution < -0.4 is 10.5 Å². The van der Waals surface area contributed by atoms with Gasteiger partial charge in [-0.25, -0.2) is 9.78 Å². The van der Waals surface area contributed by atoms with E-state index in [1.165, 1.54) is 7.11 Å². The molecule has 1 heterocycles. The van der Waals surface area contributed by atoms with Crippen molar-refractivity contribution < 1.29 is 19.1 Å². The molecule has 6 nitrogen and oxygen atoms in total. The van der Waals surface area contributed by atoms with Crippen molar-refractivity contribution in [2.45, 2.75) is 32.1 Å². The fraction of sp³-hybridized carbons (Fsp3) is 0.389. The van der Waals surface area contributed by atoms with Gasteiger partial charge in [-0.3, -0.25) is 4.79 Å². The third-order valence-corrected chi connectivity index (χ3v) is 4.47. The molecular weight excluding hydrogens is 308 g/mol. The topological polar surface area (TPSA) is 91.5 Å². The van der Waals surface area contributed by atoms with E-state index in [1.54, 1.807) is 13.0 Å². The molecule has 0 bridgehead atoms. The number of nitrogens with zero attached hydrogens (tertiary/aromatic N) is 1. The zero-order chi connectivity index (χ0) is 17.3. The van der Waals surface area contributed by atoms with Gasteiger partial charge in [0.25, 0.3) is 5.91 Å². The lowest BCUT2D eigenvalue weighted by Crippen LogP contribution is -2.20. The number of esters is 1. The van der Waals surface area contributed by atoms with Gasteiger partial charge in [-0.2, -0.15) is 0 Å². The molecular formula is C18H20N2O4. The Kier molecular flexibility index (Phi) is 4.38. The maximum Gasteiger partial charge on any atom is 0.343 e. The van der Waals surface area contributed by atoms with E-state index in [2.05, 4.69) is 4.98 Å². The van der Waals surface area contributed by atoms with E-state index in [9.17, 15) is 9.59 Å². The van der Waals surface area contributed by atoms with Gasteiger partial charge in [-0.05, 0) is 37.3 Å². The van der Waals surface area contributed by atoms with Crippen LogP contribution in [0.25, 0.3) is 10.9 Å². The van der Waals surface area contributed by atoms with Gasteiger partial charge in [0.2, 0.25) is 5.88 Å². The molecule has 6 heteroatoms. The Labute approximate surface area is 140 Å². The van der Waals surface area contributed by atoms with Crippen LogP contribution in [0.5, 0.6) is 5.88 Å². The average Bonchev–Trinajstić information content (AvgIpc) is 2.51. The first-order valence-electron chi connectivity index (χ1n) is 8.05. The molecule has 3 rings (SSSR count). The first kappa shape index (κ1) is 16.2. The monoisotopic (exact) mass is 328 g/mol. The van der Waals surface area contributed by atoms with Crippen LogP contribution in [0, 0.1) is 0 Å². The summed E-state index contributed by atoms with van der Waals surface area (Å²) in [5, 5.41) is 0.663. The maximum atomic E-state index is 12.1. The summed E-state index contributed by atoms with van der Waals surface area (Å²) in [4.78, 5) is 28.5. The van der Waals surface area contributed by atoms with Crippen molar-refractivity contribution in [3.05, 3.63) is 34.9 Å². The number of carbonyl (C=O) groups is 2. The zero-order valence-electron chi connectivity index (χ0n) is 13.8. The first-order valence-corrected chi connectivity index (χ1v) is 8.05. The van der Waals surface area contributed by atoms with Crippen molar-refractivity contribution in [3.8, 4) is 5.88 Å². The summed E-state index contributed by atoms with van der Waals surface area (Å²) >= 11 is 0. The molecule has 1 aromatic heterocycles. The Morgan fingerprint density at radius 2 is 2.08 bits per heavy atom. The van der Waals surface area contributed by atoms with Crippen LogP contribution in [0.4, 0.5) is 0 Å². The highest BCUT2D eigenvalue weighted by Crippen LogP contribution is 2.40. The summed E-state index contributed by atoms with van der Waals surface area (Å²) in [7, 11) is 1.43. The molecule has 0 spiro atoms. The van der Waals surface area contributed by atoms with E-state index < -0.39 is 11.9 Å². The van der Waals surface area contributed by atoms with Gasteiger partial charge in [-0.15, -0.1) is 0 Å². The van der Waals surface area contributed by atoms with Gasteiger partial charge in [0.1, 0.15) is 5.56 Å². The van der Waals surface area contributed by atoms with E-state index in [4.69, 9.17) is 15.2 Å². The number of primary amides is 1. The van der Waals surface area contributed by atoms with Crippen molar-refractivity contribution in [1.82, 2.24) is 4.98 Å². The fourth-order valence-electron chi connectivity index (χ4n) is 3.07. The first-order chi connectivity index (χ1) is 11.6. The largest absolute Gasteiger partial charge is 0.480 e. The lowest BCUT2D eigenvalue weighted by atomic mass is 9.77. The smallest absolute Gasteiger partial charge is 0.343 e. The lowest BCUT2D eigenvalue weighted by Gasteiger charge is -2.27. The van der Waals surface area contributed by atoms with Gasteiger partial charge >= 0.3 is 5.97 Å². The van der Waals surface area contributed by atoms with E-state index in [0.717, 1.165) is 24.8 Å². The molecule has 1 aliphatic carbocycles. The van der Waals surface area contributed by atoms with Gasteiger partial charge < -0.3 is 15.2 Å². The Morgan fingerprint density at radius 1 is 1.33 bits per heavy atom. The second-order valence-corrected chi connectivity index (χ2v) is 5.86. The van der Waals surface area contributed by atoms with Crippen molar-refractivity contribution in [2.24, 2.45) is 5.73 Å².